The molecule has 4 aliphatic carbocycles. The van der Waals surface area contributed by atoms with Crippen LogP contribution in [0.1, 0.15) is 107 Å². The SMILES string of the molecule is CC(=O)O[C@H]1C[C@@]2(C)[C@@H](C[C@H]1OC(C)=O)C(=O)C=C1[C@@H]2CC[C@]2(C)[C@@H]([C@](C)(O)C(O)CCC(C)(C)O)CC[C@@]12OC(C)=O. The molecule has 0 aromatic heterocycles. The van der Waals surface area contributed by atoms with Crippen LogP contribution in [-0.4, -0.2) is 74.1 Å². The normalized spacial score (nSPS) is 39.3. The molecule has 10 nitrogen and oxygen atoms in total. The Kier molecular flexibility index (Phi) is 8.79. The Hall–Kier alpha value is -2.30. The number of allylic oxidation sites excluding steroid dienone is 1. The highest BCUT2D eigenvalue weighted by atomic mass is 16.6. The third-order valence-electron chi connectivity index (χ3n) is 11.4. The van der Waals surface area contributed by atoms with E-state index in [0.29, 0.717) is 38.5 Å². The monoisotopic (exact) mass is 606 g/mol. The number of carbonyl (C=O) groups excluding carboxylic acids is 4. The van der Waals surface area contributed by atoms with E-state index in [0.717, 1.165) is 5.57 Å². The van der Waals surface area contributed by atoms with Crippen LogP contribution in [0.2, 0.25) is 0 Å². The molecule has 3 N–H and O–H groups in total. The first-order valence-corrected chi connectivity index (χ1v) is 15.6. The molecule has 0 aromatic carbocycles. The molecule has 0 aromatic rings. The molecule has 4 rings (SSSR count). The lowest BCUT2D eigenvalue weighted by Crippen LogP contribution is -2.64. The Morgan fingerprint density at radius 2 is 1.56 bits per heavy atom. The lowest BCUT2D eigenvalue weighted by molar-refractivity contribution is -0.200. The molecule has 0 spiro atoms. The first-order valence-electron chi connectivity index (χ1n) is 15.6. The van der Waals surface area contributed by atoms with Crippen LogP contribution >= 0.6 is 0 Å². The van der Waals surface area contributed by atoms with E-state index in [9.17, 15) is 34.5 Å². The summed E-state index contributed by atoms with van der Waals surface area (Å²) in [5, 5.41) is 33.3. The van der Waals surface area contributed by atoms with Crippen LogP contribution in [0, 0.1) is 28.6 Å². The maximum Gasteiger partial charge on any atom is 0.303 e. The van der Waals surface area contributed by atoms with Crippen molar-refractivity contribution in [1.82, 2.24) is 0 Å². The number of ketones is 1. The van der Waals surface area contributed by atoms with Crippen molar-refractivity contribution in [2.45, 2.75) is 142 Å². The first-order chi connectivity index (χ1) is 19.7. The minimum Gasteiger partial charge on any atom is -0.459 e. The Balaban J connectivity index is 1.76. The van der Waals surface area contributed by atoms with E-state index in [1.807, 2.05) is 13.8 Å². The third-order valence-corrected chi connectivity index (χ3v) is 11.4. The largest absolute Gasteiger partial charge is 0.459 e. The van der Waals surface area contributed by atoms with E-state index < -0.39 is 75.7 Å². The number of esters is 3. The van der Waals surface area contributed by atoms with Crippen molar-refractivity contribution < 1.29 is 48.7 Å². The Labute approximate surface area is 254 Å². The van der Waals surface area contributed by atoms with Crippen LogP contribution in [0.15, 0.2) is 11.6 Å². The minimum atomic E-state index is -1.55. The van der Waals surface area contributed by atoms with E-state index >= 15 is 0 Å². The van der Waals surface area contributed by atoms with Gasteiger partial charge in [-0.15, -0.1) is 0 Å². The van der Waals surface area contributed by atoms with Crippen LogP contribution in [-0.2, 0) is 33.4 Å². The number of carbonyl (C=O) groups is 4. The molecule has 0 amide bonds. The number of fused-ring (bicyclic) bond motifs is 5. The summed E-state index contributed by atoms with van der Waals surface area (Å²) in [5.41, 5.74) is -4.49. The van der Waals surface area contributed by atoms with Crippen molar-refractivity contribution in [3.05, 3.63) is 11.6 Å². The van der Waals surface area contributed by atoms with Gasteiger partial charge in [0.2, 0.25) is 0 Å². The average Bonchev–Trinajstić information content (AvgIpc) is 3.15. The number of aliphatic hydroxyl groups is 3. The molecule has 3 fully saturated rings. The molecule has 4 aliphatic rings. The zero-order chi connectivity index (χ0) is 32.3. The Morgan fingerprint density at radius 1 is 0.953 bits per heavy atom. The van der Waals surface area contributed by atoms with E-state index in [4.69, 9.17) is 14.2 Å². The van der Waals surface area contributed by atoms with Crippen molar-refractivity contribution in [1.29, 1.82) is 0 Å². The summed E-state index contributed by atoms with van der Waals surface area (Å²) in [4.78, 5) is 50.6. The van der Waals surface area contributed by atoms with Gasteiger partial charge in [-0.05, 0) is 101 Å². The number of aliphatic hydroxyl groups excluding tert-OH is 1. The molecule has 0 saturated heterocycles. The second kappa shape index (κ2) is 11.2. The van der Waals surface area contributed by atoms with Gasteiger partial charge in [-0.2, -0.15) is 0 Å². The quantitative estimate of drug-likeness (QED) is 0.276. The average molecular weight is 607 g/mol. The first kappa shape index (κ1) is 33.6. The van der Waals surface area contributed by atoms with Crippen molar-refractivity contribution >= 4 is 23.7 Å². The maximum atomic E-state index is 14.0. The number of ether oxygens (including phenoxy) is 3. The lowest BCUT2D eigenvalue weighted by Gasteiger charge is -2.61. The second-order valence-electron chi connectivity index (χ2n) is 14.9. The number of rotatable bonds is 8. The van der Waals surface area contributed by atoms with Gasteiger partial charge in [0, 0.05) is 32.1 Å². The predicted octanol–water partition coefficient (Wildman–Crippen LogP) is 3.57. The third kappa shape index (κ3) is 5.79. The molecular weight excluding hydrogens is 556 g/mol. The fourth-order valence-electron chi connectivity index (χ4n) is 9.40. The van der Waals surface area contributed by atoms with Crippen LogP contribution in [0.5, 0.6) is 0 Å². The highest BCUT2D eigenvalue weighted by molar-refractivity contribution is 5.95. The topological polar surface area (TPSA) is 157 Å². The van der Waals surface area contributed by atoms with Gasteiger partial charge < -0.3 is 29.5 Å². The van der Waals surface area contributed by atoms with E-state index in [2.05, 4.69) is 0 Å². The minimum absolute atomic E-state index is 0.150. The predicted molar refractivity (Wildman–Crippen MR) is 155 cm³/mol. The van der Waals surface area contributed by atoms with Gasteiger partial charge in [0.1, 0.15) is 17.8 Å². The van der Waals surface area contributed by atoms with E-state index in [-0.39, 0.29) is 24.5 Å². The standard InChI is InChI=1S/C33H50O10/c1-18(34)41-25-16-23-24(37)15-22-21(30(23,6)17-26(25)42-19(2)35)9-13-31(7)27(10-14-33(22,31)43-20(3)36)32(8,40)28(38)11-12-29(4,5)39/h15,21,23,25-28,38-40H,9-14,16-17H2,1-8H3/t21-,23-,25+,26-,27-,28?,30+,31+,32-,33+/m0/s1. The summed E-state index contributed by atoms with van der Waals surface area (Å²) in [5.74, 6) is -2.80. The van der Waals surface area contributed by atoms with Gasteiger partial charge >= 0.3 is 17.9 Å². The lowest BCUT2D eigenvalue weighted by atomic mass is 9.45. The van der Waals surface area contributed by atoms with Crippen molar-refractivity contribution in [3.8, 4) is 0 Å². The summed E-state index contributed by atoms with van der Waals surface area (Å²) < 4.78 is 17.5. The molecule has 0 heterocycles. The van der Waals surface area contributed by atoms with Gasteiger partial charge in [0.05, 0.1) is 17.3 Å². The molecule has 10 heteroatoms. The summed E-state index contributed by atoms with van der Waals surface area (Å²) in [6, 6.07) is 0. The summed E-state index contributed by atoms with van der Waals surface area (Å²) >= 11 is 0. The van der Waals surface area contributed by atoms with Crippen molar-refractivity contribution in [3.63, 3.8) is 0 Å². The molecule has 1 unspecified atom stereocenters. The molecule has 10 atom stereocenters. The molecule has 3 saturated carbocycles. The van der Waals surface area contributed by atoms with E-state index in [1.54, 1.807) is 26.8 Å². The number of hydrogen-bond acceptors (Lipinski definition) is 10. The van der Waals surface area contributed by atoms with Gasteiger partial charge in [-0.25, -0.2) is 0 Å². The van der Waals surface area contributed by atoms with Gasteiger partial charge in [-0.3, -0.25) is 19.2 Å². The maximum absolute atomic E-state index is 14.0. The smallest absolute Gasteiger partial charge is 0.303 e. The van der Waals surface area contributed by atoms with Crippen LogP contribution < -0.4 is 0 Å². The summed E-state index contributed by atoms with van der Waals surface area (Å²) in [6.45, 7) is 12.9. The Morgan fingerprint density at radius 3 is 2.12 bits per heavy atom. The van der Waals surface area contributed by atoms with Crippen LogP contribution in [0.4, 0.5) is 0 Å². The molecule has 0 radical (unpaired) electrons. The second-order valence-corrected chi connectivity index (χ2v) is 14.9. The van der Waals surface area contributed by atoms with Crippen molar-refractivity contribution in [2.75, 3.05) is 0 Å². The summed E-state index contributed by atoms with van der Waals surface area (Å²) in [7, 11) is 0. The van der Waals surface area contributed by atoms with Crippen LogP contribution in [0.3, 0.4) is 0 Å². The fraction of sp³-hybridized carbons (Fsp3) is 0.818. The number of hydrogen-bond donors (Lipinski definition) is 3. The van der Waals surface area contributed by atoms with E-state index in [1.165, 1.54) is 20.8 Å². The van der Waals surface area contributed by atoms with Gasteiger partial charge in [0.25, 0.3) is 0 Å². The fourth-order valence-corrected chi connectivity index (χ4v) is 9.40. The zero-order valence-corrected chi connectivity index (χ0v) is 26.9. The summed E-state index contributed by atoms with van der Waals surface area (Å²) in [6.07, 6.45) is 2.04. The Bertz CT molecular complexity index is 1180. The zero-order valence-electron chi connectivity index (χ0n) is 26.9. The van der Waals surface area contributed by atoms with Gasteiger partial charge in [-0.1, -0.05) is 13.8 Å². The van der Waals surface area contributed by atoms with Crippen molar-refractivity contribution in [2.24, 2.45) is 28.6 Å². The molecular formula is C33H50O10. The highest BCUT2D eigenvalue weighted by Gasteiger charge is 2.71. The molecule has 43 heavy (non-hydrogen) atoms. The highest BCUT2D eigenvalue weighted by Crippen LogP contribution is 2.70. The molecule has 242 valence electrons. The van der Waals surface area contributed by atoms with Gasteiger partial charge in [0.15, 0.2) is 5.78 Å². The molecule has 0 bridgehead atoms. The molecule has 0 aliphatic heterocycles. The van der Waals surface area contributed by atoms with Crippen LogP contribution in [0.25, 0.3) is 0 Å².